The van der Waals surface area contributed by atoms with Crippen LogP contribution in [-0.4, -0.2) is 40.4 Å². The third kappa shape index (κ3) is 3.10. The van der Waals surface area contributed by atoms with Crippen molar-refractivity contribution >= 4 is 10.8 Å². The Kier molecular flexibility index (Phi) is 4.13. The minimum absolute atomic E-state index is 0.588. The second-order valence-corrected chi connectivity index (χ2v) is 6.31. The molecule has 0 amide bonds. The first-order valence-corrected chi connectivity index (χ1v) is 8.38. The molecule has 6 heteroatoms. The lowest BCUT2D eigenvalue weighted by molar-refractivity contribution is 0.307. The molecule has 24 heavy (non-hydrogen) atoms. The van der Waals surface area contributed by atoms with Crippen molar-refractivity contribution < 1.29 is 4.74 Å². The molecule has 0 spiro atoms. The summed E-state index contributed by atoms with van der Waals surface area (Å²) in [5.41, 5.74) is 0.987. The molecule has 6 nitrogen and oxygen atoms in total. The number of methoxy groups -OCH3 is 1. The van der Waals surface area contributed by atoms with Crippen LogP contribution in [0, 0.1) is 5.92 Å². The van der Waals surface area contributed by atoms with Crippen LogP contribution in [0.1, 0.15) is 12.8 Å². The summed E-state index contributed by atoms with van der Waals surface area (Å²) in [5.74, 6) is 2.13. The summed E-state index contributed by atoms with van der Waals surface area (Å²) in [6.45, 7) is 2.98. The number of fused-ring (bicyclic) bond motifs is 1. The summed E-state index contributed by atoms with van der Waals surface area (Å²) >= 11 is 0. The van der Waals surface area contributed by atoms with Gasteiger partial charge in [-0.15, -0.1) is 10.2 Å². The lowest BCUT2D eigenvalue weighted by Gasteiger charge is -2.21. The van der Waals surface area contributed by atoms with E-state index in [1.165, 1.54) is 12.8 Å². The first-order valence-electron chi connectivity index (χ1n) is 8.38. The Morgan fingerprint density at radius 2 is 2.08 bits per heavy atom. The number of tetrazole rings is 1. The standard InChI is InChI=1S/C18H21N5O/c1-24-17-7-6-14-9-16(5-4-15(14)10-17)18-20-22-23(21-18)12-13-3-2-8-19-11-13/h4-7,9-10,13,19H,2-3,8,11-12H2,1H3/t13-/m0/s1. The average Bonchev–Trinajstić information content (AvgIpc) is 3.10. The van der Waals surface area contributed by atoms with Crippen LogP contribution >= 0.6 is 0 Å². The topological polar surface area (TPSA) is 64.9 Å². The van der Waals surface area contributed by atoms with Gasteiger partial charge in [-0.25, -0.2) is 0 Å². The van der Waals surface area contributed by atoms with Gasteiger partial charge in [0.2, 0.25) is 5.82 Å². The summed E-state index contributed by atoms with van der Waals surface area (Å²) in [6.07, 6.45) is 2.45. The van der Waals surface area contributed by atoms with Crippen LogP contribution in [0.5, 0.6) is 5.75 Å². The molecule has 2 aromatic carbocycles. The smallest absolute Gasteiger partial charge is 0.204 e. The predicted molar refractivity (Wildman–Crippen MR) is 92.9 cm³/mol. The average molecular weight is 323 g/mol. The number of piperidine rings is 1. The number of aromatic nitrogens is 4. The maximum absolute atomic E-state index is 5.27. The Labute approximate surface area is 140 Å². The predicted octanol–water partition coefficient (Wildman–Crippen LogP) is 2.50. The lowest BCUT2D eigenvalue weighted by atomic mass is 10.0. The van der Waals surface area contributed by atoms with Crippen molar-refractivity contribution in [3.63, 3.8) is 0 Å². The van der Waals surface area contributed by atoms with Crippen molar-refractivity contribution in [3.05, 3.63) is 36.4 Å². The van der Waals surface area contributed by atoms with E-state index in [1.54, 1.807) is 11.9 Å². The summed E-state index contributed by atoms with van der Waals surface area (Å²) in [6, 6.07) is 12.2. The van der Waals surface area contributed by atoms with Gasteiger partial charge in [-0.2, -0.15) is 4.80 Å². The third-order valence-electron chi connectivity index (χ3n) is 4.58. The van der Waals surface area contributed by atoms with Gasteiger partial charge in [0.25, 0.3) is 0 Å². The molecule has 4 rings (SSSR count). The Bertz CT molecular complexity index is 838. The largest absolute Gasteiger partial charge is 0.497 e. The maximum Gasteiger partial charge on any atom is 0.204 e. The van der Waals surface area contributed by atoms with E-state index in [0.717, 1.165) is 41.7 Å². The molecule has 1 N–H and O–H groups in total. The van der Waals surface area contributed by atoms with Crippen LogP contribution < -0.4 is 10.1 Å². The van der Waals surface area contributed by atoms with Gasteiger partial charge in [0.15, 0.2) is 0 Å². The monoisotopic (exact) mass is 323 g/mol. The summed E-state index contributed by atoms with van der Waals surface area (Å²) in [4.78, 5) is 1.73. The third-order valence-corrected chi connectivity index (χ3v) is 4.58. The fraction of sp³-hybridized carbons (Fsp3) is 0.389. The van der Waals surface area contributed by atoms with Gasteiger partial charge in [0.05, 0.1) is 13.7 Å². The number of nitrogens with one attached hydrogen (secondary N) is 1. The molecule has 0 aliphatic carbocycles. The van der Waals surface area contributed by atoms with E-state index in [2.05, 4.69) is 38.9 Å². The van der Waals surface area contributed by atoms with Crippen molar-refractivity contribution in [1.82, 2.24) is 25.5 Å². The molecule has 1 fully saturated rings. The van der Waals surface area contributed by atoms with E-state index >= 15 is 0 Å². The number of nitrogens with zero attached hydrogens (tertiary/aromatic N) is 4. The fourth-order valence-electron chi connectivity index (χ4n) is 3.24. The zero-order chi connectivity index (χ0) is 16.4. The van der Waals surface area contributed by atoms with Crippen LogP contribution in [0.15, 0.2) is 36.4 Å². The van der Waals surface area contributed by atoms with E-state index in [4.69, 9.17) is 4.74 Å². The Morgan fingerprint density at radius 1 is 1.21 bits per heavy atom. The van der Waals surface area contributed by atoms with Crippen molar-refractivity contribution in [1.29, 1.82) is 0 Å². The number of rotatable bonds is 4. The SMILES string of the molecule is COc1ccc2cc(-c3nnn(C[C@H]4CCCNC4)n3)ccc2c1. The summed E-state index contributed by atoms with van der Waals surface area (Å²) in [5, 5.41) is 18.7. The summed E-state index contributed by atoms with van der Waals surface area (Å²) in [7, 11) is 1.68. The van der Waals surface area contributed by atoms with E-state index in [1.807, 2.05) is 18.2 Å². The zero-order valence-corrected chi connectivity index (χ0v) is 13.8. The minimum atomic E-state index is 0.588. The van der Waals surface area contributed by atoms with Crippen LogP contribution in [0.4, 0.5) is 0 Å². The molecule has 0 bridgehead atoms. The van der Waals surface area contributed by atoms with Crippen molar-refractivity contribution in [2.24, 2.45) is 5.92 Å². The highest BCUT2D eigenvalue weighted by molar-refractivity contribution is 5.87. The maximum atomic E-state index is 5.27. The molecular formula is C18H21N5O. The lowest BCUT2D eigenvalue weighted by Crippen LogP contribution is -2.32. The van der Waals surface area contributed by atoms with Gasteiger partial charge in [0.1, 0.15) is 5.75 Å². The molecule has 0 unspecified atom stereocenters. The molecule has 1 aromatic heterocycles. The van der Waals surface area contributed by atoms with E-state index in [0.29, 0.717) is 11.7 Å². The number of benzene rings is 2. The molecule has 1 saturated heterocycles. The second-order valence-electron chi connectivity index (χ2n) is 6.31. The van der Waals surface area contributed by atoms with Gasteiger partial charge < -0.3 is 10.1 Å². The second kappa shape index (κ2) is 6.57. The van der Waals surface area contributed by atoms with Crippen molar-refractivity contribution in [2.45, 2.75) is 19.4 Å². The zero-order valence-electron chi connectivity index (χ0n) is 13.8. The molecule has 0 saturated carbocycles. The molecule has 1 aliphatic rings. The summed E-state index contributed by atoms with van der Waals surface area (Å²) < 4.78 is 5.27. The number of hydrogen-bond donors (Lipinski definition) is 1. The quantitative estimate of drug-likeness (QED) is 0.799. The molecule has 2 heterocycles. The van der Waals surface area contributed by atoms with Gasteiger partial charge in [0, 0.05) is 5.56 Å². The van der Waals surface area contributed by atoms with Crippen LogP contribution in [0.25, 0.3) is 22.2 Å². The highest BCUT2D eigenvalue weighted by atomic mass is 16.5. The van der Waals surface area contributed by atoms with Crippen molar-refractivity contribution in [2.75, 3.05) is 20.2 Å². The Morgan fingerprint density at radius 3 is 2.92 bits per heavy atom. The molecule has 3 aromatic rings. The normalized spacial score (nSPS) is 18.0. The van der Waals surface area contributed by atoms with Gasteiger partial charge >= 0.3 is 0 Å². The fourth-order valence-corrected chi connectivity index (χ4v) is 3.24. The van der Waals surface area contributed by atoms with E-state index < -0.39 is 0 Å². The Hall–Kier alpha value is -2.47. The van der Waals surface area contributed by atoms with Crippen LogP contribution in [0.2, 0.25) is 0 Å². The van der Waals surface area contributed by atoms with E-state index in [-0.39, 0.29) is 0 Å². The molecule has 124 valence electrons. The van der Waals surface area contributed by atoms with E-state index in [9.17, 15) is 0 Å². The highest BCUT2D eigenvalue weighted by Crippen LogP contribution is 2.25. The van der Waals surface area contributed by atoms with Gasteiger partial charge in [-0.1, -0.05) is 18.2 Å². The van der Waals surface area contributed by atoms with Crippen LogP contribution in [-0.2, 0) is 6.54 Å². The first kappa shape index (κ1) is 15.1. The van der Waals surface area contributed by atoms with Crippen molar-refractivity contribution in [3.8, 4) is 17.1 Å². The first-order chi connectivity index (χ1) is 11.8. The van der Waals surface area contributed by atoms with Gasteiger partial charge in [-0.05, 0) is 66.0 Å². The van der Waals surface area contributed by atoms with Gasteiger partial charge in [-0.3, -0.25) is 0 Å². The molecule has 1 atom stereocenters. The molecule has 1 aliphatic heterocycles. The number of ether oxygens (including phenoxy) is 1. The molecule has 0 radical (unpaired) electrons. The van der Waals surface area contributed by atoms with Crippen LogP contribution in [0.3, 0.4) is 0 Å². The molecular weight excluding hydrogens is 302 g/mol. The highest BCUT2D eigenvalue weighted by Gasteiger charge is 2.15. The Balaban J connectivity index is 1.56. The number of hydrogen-bond acceptors (Lipinski definition) is 5. The minimum Gasteiger partial charge on any atom is -0.497 e.